The molecular weight excluding hydrogens is 508 g/mol. The zero-order valence-electron chi connectivity index (χ0n) is 14.7. The van der Waals surface area contributed by atoms with Crippen LogP contribution in [0.3, 0.4) is 0 Å². The summed E-state index contributed by atoms with van der Waals surface area (Å²) in [5, 5.41) is 13.9. The van der Waals surface area contributed by atoms with E-state index in [4.69, 9.17) is 32.9 Å². The number of anilines is 2. The molecule has 30 heavy (non-hydrogen) atoms. The van der Waals surface area contributed by atoms with Crippen LogP contribution < -0.4 is 15.5 Å². The van der Waals surface area contributed by atoms with E-state index < -0.39 is 11.7 Å². The fourth-order valence-corrected chi connectivity index (χ4v) is 2.63. The van der Waals surface area contributed by atoms with Crippen LogP contribution in [0.25, 0.3) is 0 Å². The molecule has 0 unspecified atom stereocenters. The molecule has 156 valence electrons. The quantitative estimate of drug-likeness (QED) is 0.329. The molecule has 3 rings (SSSR count). The van der Waals surface area contributed by atoms with Gasteiger partial charge >= 0.3 is 0 Å². The summed E-state index contributed by atoms with van der Waals surface area (Å²) in [5.41, 5.74) is 3.03. The van der Waals surface area contributed by atoms with E-state index in [0.717, 1.165) is 6.21 Å². The van der Waals surface area contributed by atoms with E-state index in [-0.39, 0.29) is 22.6 Å². The lowest BCUT2D eigenvalue weighted by molar-refractivity contribution is -0.118. The highest BCUT2D eigenvalue weighted by Gasteiger charge is 2.13. The molecule has 0 bridgehead atoms. The maximum atomic E-state index is 13.2. The molecule has 2 aromatic carbocycles. The number of amides is 1. The van der Waals surface area contributed by atoms with Crippen molar-refractivity contribution in [1.82, 2.24) is 10.3 Å². The third-order valence-corrected chi connectivity index (χ3v) is 4.69. The molecule has 1 amide bonds. The molecule has 0 aliphatic rings. The Labute approximate surface area is 187 Å². The zero-order chi connectivity index (χ0) is 21.5. The minimum atomic E-state index is -0.526. The Hall–Kier alpha value is -2.89. The number of carbonyl (C=O) groups excluding carboxylic acids is 1. The predicted molar refractivity (Wildman–Crippen MR) is 111 cm³/mol. The molecule has 0 spiro atoms. The van der Waals surface area contributed by atoms with Gasteiger partial charge < -0.3 is 10.1 Å². The average molecular weight is 519 g/mol. The molecule has 0 atom stereocenters. The van der Waals surface area contributed by atoms with Crippen molar-refractivity contribution in [2.45, 2.75) is 0 Å². The van der Waals surface area contributed by atoms with Gasteiger partial charge in [0.05, 0.1) is 20.2 Å². The highest BCUT2D eigenvalue weighted by molar-refractivity contribution is 9.10. The van der Waals surface area contributed by atoms with E-state index in [1.807, 2.05) is 0 Å². The lowest BCUT2D eigenvalue weighted by atomic mass is 10.3. The smallest absolute Gasteiger partial charge is 0.263 e. The van der Waals surface area contributed by atoms with E-state index in [2.05, 4.69) is 46.8 Å². The number of oxime groups is 1. The summed E-state index contributed by atoms with van der Waals surface area (Å²) >= 11 is 14.8. The van der Waals surface area contributed by atoms with Gasteiger partial charge in [-0.05, 0) is 56.6 Å². The second-order valence-corrected chi connectivity index (χ2v) is 7.14. The second-order valence-electron chi connectivity index (χ2n) is 5.47. The fraction of sp³-hybridized carbons (Fsp3) is 0.0588. The largest absolute Gasteiger partial charge is 0.484 e. The summed E-state index contributed by atoms with van der Waals surface area (Å²) in [6.07, 6.45) is 1.15. The van der Waals surface area contributed by atoms with Crippen LogP contribution in [-0.2, 0) is 9.73 Å². The lowest BCUT2D eigenvalue weighted by Crippen LogP contribution is -2.21. The van der Waals surface area contributed by atoms with Crippen LogP contribution in [0, 0.1) is 5.82 Å². The summed E-state index contributed by atoms with van der Waals surface area (Å²) in [7, 11) is 0. The van der Waals surface area contributed by atoms with Gasteiger partial charge in [0.15, 0.2) is 12.3 Å². The van der Waals surface area contributed by atoms with E-state index in [1.54, 1.807) is 12.1 Å². The Balaban J connectivity index is 1.50. The predicted octanol–water partition coefficient (Wildman–Crippen LogP) is 4.67. The molecule has 9 nitrogen and oxygen atoms in total. The Morgan fingerprint density at radius 3 is 2.83 bits per heavy atom. The summed E-state index contributed by atoms with van der Waals surface area (Å²) in [4.78, 5) is 16.9. The van der Waals surface area contributed by atoms with Crippen molar-refractivity contribution < 1.29 is 23.5 Å². The number of hydrogen-bond acceptors (Lipinski definition) is 8. The van der Waals surface area contributed by atoms with Gasteiger partial charge in [0.1, 0.15) is 17.8 Å². The molecule has 1 aromatic heterocycles. The number of hydrogen-bond donors (Lipinski definition) is 2. The number of nitrogens with zero attached hydrogens (tertiary/aromatic N) is 3. The van der Waals surface area contributed by atoms with Crippen molar-refractivity contribution >= 4 is 62.8 Å². The van der Waals surface area contributed by atoms with E-state index >= 15 is 0 Å². The topological polar surface area (TPSA) is 111 Å². The molecule has 13 heteroatoms. The highest BCUT2D eigenvalue weighted by atomic mass is 79.9. The molecule has 0 aliphatic heterocycles. The average Bonchev–Trinajstić information content (AvgIpc) is 3.15. The van der Waals surface area contributed by atoms with Crippen molar-refractivity contribution in [1.29, 1.82) is 0 Å². The maximum Gasteiger partial charge on any atom is 0.263 e. The van der Waals surface area contributed by atoms with Crippen LogP contribution in [0.15, 0.2) is 50.7 Å². The number of benzene rings is 2. The number of halogens is 4. The second kappa shape index (κ2) is 10.2. The monoisotopic (exact) mass is 517 g/mol. The van der Waals surface area contributed by atoms with Gasteiger partial charge in [-0.1, -0.05) is 28.4 Å². The van der Waals surface area contributed by atoms with Crippen LogP contribution in [-0.4, -0.2) is 29.0 Å². The Morgan fingerprint density at radius 2 is 2.07 bits per heavy atom. The van der Waals surface area contributed by atoms with Crippen molar-refractivity contribution in [3.05, 3.63) is 62.4 Å². The van der Waals surface area contributed by atoms with Crippen molar-refractivity contribution in [2.24, 2.45) is 5.16 Å². The molecule has 3 aromatic rings. The number of ether oxygens (including phenoxy) is 1. The highest BCUT2D eigenvalue weighted by Crippen LogP contribution is 2.26. The van der Waals surface area contributed by atoms with Crippen LogP contribution >= 0.6 is 39.1 Å². The van der Waals surface area contributed by atoms with E-state index in [0.29, 0.717) is 21.5 Å². The first kappa shape index (κ1) is 21.8. The third kappa shape index (κ3) is 6.05. The number of rotatable bonds is 8. The van der Waals surface area contributed by atoms with Gasteiger partial charge in [-0.3, -0.25) is 9.73 Å². The first-order chi connectivity index (χ1) is 14.4. The molecule has 2 N–H and O–H groups in total. The number of aromatic nitrogens is 2. The molecule has 0 saturated heterocycles. The van der Waals surface area contributed by atoms with Gasteiger partial charge in [-0.25, -0.2) is 9.02 Å². The Bertz CT molecular complexity index is 1080. The summed E-state index contributed by atoms with van der Waals surface area (Å²) in [5.74, 6) is -0.566. The van der Waals surface area contributed by atoms with Gasteiger partial charge in [-0.2, -0.15) is 5.48 Å². The third-order valence-electron chi connectivity index (χ3n) is 3.34. The number of nitrogens with one attached hydrogen (secondary N) is 2. The Morgan fingerprint density at radius 1 is 1.23 bits per heavy atom. The van der Waals surface area contributed by atoms with Crippen molar-refractivity contribution in [3.63, 3.8) is 0 Å². The normalized spacial score (nSPS) is 10.8. The molecule has 1 heterocycles. The maximum absolute atomic E-state index is 13.2. The van der Waals surface area contributed by atoms with E-state index in [1.165, 1.54) is 24.3 Å². The molecule has 0 aliphatic carbocycles. The lowest BCUT2D eigenvalue weighted by Gasteiger charge is -2.06. The zero-order valence-corrected chi connectivity index (χ0v) is 17.8. The number of carbonyl (C=O) groups is 1. The summed E-state index contributed by atoms with van der Waals surface area (Å²) in [6, 6.07) is 8.76. The molecular formula is C17H11BrCl2FN5O4. The van der Waals surface area contributed by atoms with Gasteiger partial charge in [-0.15, -0.1) is 0 Å². The molecule has 0 fully saturated rings. The van der Waals surface area contributed by atoms with Crippen LogP contribution in [0.1, 0.15) is 5.69 Å². The van der Waals surface area contributed by atoms with Crippen LogP contribution in [0.5, 0.6) is 5.75 Å². The van der Waals surface area contributed by atoms with Gasteiger partial charge in [0, 0.05) is 6.07 Å². The minimum Gasteiger partial charge on any atom is -0.484 e. The van der Waals surface area contributed by atoms with Crippen LogP contribution in [0.4, 0.5) is 15.9 Å². The fourth-order valence-electron chi connectivity index (χ4n) is 1.97. The van der Waals surface area contributed by atoms with Crippen LogP contribution in [0.2, 0.25) is 10.0 Å². The standard InChI is InChI=1S/C17H11BrCl2FN5O4/c18-11-5-9(1-4-14(11)21)24-29-22-7-15-17(26-30-25-15)23-16(27)8-28-10-2-3-12(19)13(20)6-10/h1-7,24H,8H2,(H,23,26,27)/b22-7+. The van der Waals surface area contributed by atoms with Gasteiger partial charge in [0.25, 0.3) is 5.91 Å². The molecule has 0 saturated carbocycles. The summed E-state index contributed by atoms with van der Waals surface area (Å²) in [6.45, 7) is -0.321. The van der Waals surface area contributed by atoms with Crippen molar-refractivity contribution in [3.8, 4) is 5.75 Å². The van der Waals surface area contributed by atoms with Gasteiger partial charge in [0.2, 0.25) is 5.82 Å². The minimum absolute atomic E-state index is 0.00890. The summed E-state index contributed by atoms with van der Waals surface area (Å²) < 4.78 is 23.3. The Kier molecular flexibility index (Phi) is 7.44. The SMILES string of the molecule is O=C(COc1ccc(Cl)c(Cl)c1)Nc1nonc1/C=N/ONc1ccc(F)c(Br)c1. The molecule has 0 radical (unpaired) electrons. The first-order valence-corrected chi connectivity index (χ1v) is 9.58. The first-order valence-electron chi connectivity index (χ1n) is 8.03. The van der Waals surface area contributed by atoms with Crippen molar-refractivity contribution in [2.75, 3.05) is 17.4 Å². The van der Waals surface area contributed by atoms with E-state index in [9.17, 15) is 9.18 Å².